The van der Waals surface area contributed by atoms with Gasteiger partial charge >= 0.3 is 0 Å². The summed E-state index contributed by atoms with van der Waals surface area (Å²) < 4.78 is 0. The second-order valence-electron chi connectivity index (χ2n) is 6.79. The van der Waals surface area contributed by atoms with Crippen molar-refractivity contribution in [3.63, 3.8) is 0 Å². The molecule has 23 heavy (non-hydrogen) atoms. The number of nitrogens with one attached hydrogen (secondary N) is 1. The fraction of sp³-hybridized carbons (Fsp3) is 0.611. The van der Waals surface area contributed by atoms with Crippen LogP contribution in [0.1, 0.15) is 40.0 Å². The lowest BCUT2D eigenvalue weighted by Crippen LogP contribution is -2.54. The number of hydrogen-bond donors (Lipinski definition) is 1. The van der Waals surface area contributed by atoms with Gasteiger partial charge in [0.2, 0.25) is 5.91 Å². The van der Waals surface area contributed by atoms with E-state index in [9.17, 15) is 4.79 Å². The second kappa shape index (κ2) is 8.41. The van der Waals surface area contributed by atoms with Crippen molar-refractivity contribution in [1.29, 1.82) is 0 Å². The molecule has 1 saturated heterocycles. The zero-order valence-corrected chi connectivity index (χ0v) is 15.8. The Morgan fingerprint density at radius 3 is 2.48 bits per heavy atom. The minimum Gasteiger partial charge on any atom is -0.353 e. The summed E-state index contributed by atoms with van der Waals surface area (Å²) >= 11 is 7.45. The molecule has 1 N–H and O–H groups in total. The summed E-state index contributed by atoms with van der Waals surface area (Å²) in [6.45, 7) is 9.35. The average molecular weight is 355 g/mol. The van der Waals surface area contributed by atoms with Gasteiger partial charge in [-0.2, -0.15) is 0 Å². The van der Waals surface area contributed by atoms with Gasteiger partial charge in [0.1, 0.15) is 0 Å². The predicted octanol–water partition coefficient (Wildman–Crippen LogP) is 4.20. The summed E-state index contributed by atoms with van der Waals surface area (Å²) in [7, 11) is 0. The summed E-state index contributed by atoms with van der Waals surface area (Å²) in [4.78, 5) is 15.9. The van der Waals surface area contributed by atoms with Gasteiger partial charge in [0.25, 0.3) is 0 Å². The van der Waals surface area contributed by atoms with Crippen molar-refractivity contribution in [2.24, 2.45) is 0 Å². The van der Waals surface area contributed by atoms with Crippen LogP contribution in [0, 0.1) is 0 Å². The number of carbonyl (C=O) groups excluding carboxylic acids is 1. The third-order valence-electron chi connectivity index (χ3n) is 4.40. The zero-order chi connectivity index (χ0) is 16.9. The van der Waals surface area contributed by atoms with Crippen LogP contribution in [-0.2, 0) is 4.79 Å². The molecule has 1 atom stereocenters. The maximum atomic E-state index is 12.4. The number of thioether (sulfide) groups is 1. The van der Waals surface area contributed by atoms with Gasteiger partial charge in [0, 0.05) is 22.0 Å². The van der Waals surface area contributed by atoms with Crippen LogP contribution in [0.4, 0.5) is 0 Å². The van der Waals surface area contributed by atoms with Crippen molar-refractivity contribution < 1.29 is 4.79 Å². The van der Waals surface area contributed by atoms with Crippen LogP contribution in [0.3, 0.4) is 0 Å². The first-order chi connectivity index (χ1) is 10.9. The SMILES string of the molecule is CC(Sc1ccc(Cl)cc1)C(=O)NCC(C)(C)N1CCCCC1. The lowest BCUT2D eigenvalue weighted by atomic mass is 9.98. The van der Waals surface area contributed by atoms with Crippen LogP contribution in [0.5, 0.6) is 0 Å². The molecule has 1 aliphatic rings. The second-order valence-corrected chi connectivity index (χ2v) is 8.64. The normalized spacial score (nSPS) is 17.7. The van der Waals surface area contributed by atoms with Crippen molar-refractivity contribution >= 4 is 29.3 Å². The van der Waals surface area contributed by atoms with Gasteiger partial charge in [0.15, 0.2) is 0 Å². The Bertz CT molecular complexity index is 512. The van der Waals surface area contributed by atoms with E-state index in [0.717, 1.165) is 23.0 Å². The molecule has 1 heterocycles. The van der Waals surface area contributed by atoms with E-state index in [2.05, 4.69) is 24.1 Å². The molecule has 0 radical (unpaired) electrons. The van der Waals surface area contributed by atoms with Crippen LogP contribution in [-0.4, -0.2) is 41.2 Å². The molecule has 1 aliphatic heterocycles. The Morgan fingerprint density at radius 1 is 1.26 bits per heavy atom. The number of rotatable bonds is 6. The van der Waals surface area contributed by atoms with Crippen molar-refractivity contribution in [2.75, 3.05) is 19.6 Å². The molecule has 1 fully saturated rings. The van der Waals surface area contributed by atoms with E-state index in [1.165, 1.54) is 19.3 Å². The molecule has 1 amide bonds. The smallest absolute Gasteiger partial charge is 0.233 e. The average Bonchev–Trinajstić information content (AvgIpc) is 2.55. The van der Waals surface area contributed by atoms with E-state index < -0.39 is 0 Å². The predicted molar refractivity (Wildman–Crippen MR) is 99.3 cm³/mol. The molecule has 1 aromatic rings. The highest BCUT2D eigenvalue weighted by atomic mass is 35.5. The van der Waals surface area contributed by atoms with Crippen LogP contribution in [0.15, 0.2) is 29.2 Å². The third kappa shape index (κ3) is 5.70. The summed E-state index contributed by atoms with van der Waals surface area (Å²) in [5.74, 6) is 0.0926. The zero-order valence-electron chi connectivity index (χ0n) is 14.3. The Kier molecular flexibility index (Phi) is 6.81. The Hall–Kier alpha value is -0.710. The van der Waals surface area contributed by atoms with Crippen molar-refractivity contribution in [1.82, 2.24) is 10.2 Å². The highest BCUT2D eigenvalue weighted by Crippen LogP contribution is 2.25. The van der Waals surface area contributed by atoms with Gasteiger partial charge in [0.05, 0.1) is 5.25 Å². The third-order valence-corrected chi connectivity index (χ3v) is 5.77. The number of nitrogens with zero attached hydrogens (tertiary/aromatic N) is 1. The molecule has 1 unspecified atom stereocenters. The first kappa shape index (κ1) is 18.6. The summed E-state index contributed by atoms with van der Waals surface area (Å²) in [6, 6.07) is 7.62. The number of carbonyl (C=O) groups is 1. The maximum absolute atomic E-state index is 12.4. The van der Waals surface area contributed by atoms with Crippen LogP contribution < -0.4 is 5.32 Å². The molecule has 3 nitrogen and oxygen atoms in total. The van der Waals surface area contributed by atoms with Crippen LogP contribution in [0.2, 0.25) is 5.02 Å². The number of halogens is 1. The van der Waals surface area contributed by atoms with E-state index in [1.54, 1.807) is 11.8 Å². The van der Waals surface area contributed by atoms with Crippen molar-refractivity contribution in [3.05, 3.63) is 29.3 Å². The van der Waals surface area contributed by atoms with Gasteiger partial charge < -0.3 is 5.32 Å². The lowest BCUT2D eigenvalue weighted by Gasteiger charge is -2.41. The number of piperidine rings is 1. The Morgan fingerprint density at radius 2 is 1.87 bits per heavy atom. The monoisotopic (exact) mass is 354 g/mol. The van der Waals surface area contributed by atoms with Gasteiger partial charge in [-0.05, 0) is 71.0 Å². The molecule has 128 valence electrons. The highest BCUT2D eigenvalue weighted by Gasteiger charge is 2.28. The van der Waals surface area contributed by atoms with Gasteiger partial charge in [-0.1, -0.05) is 18.0 Å². The van der Waals surface area contributed by atoms with Gasteiger partial charge in [-0.3, -0.25) is 9.69 Å². The Labute approximate surface area is 149 Å². The lowest BCUT2D eigenvalue weighted by molar-refractivity contribution is -0.120. The molecule has 2 rings (SSSR count). The van der Waals surface area contributed by atoms with E-state index in [4.69, 9.17) is 11.6 Å². The first-order valence-electron chi connectivity index (χ1n) is 8.33. The minimum atomic E-state index is -0.117. The van der Waals surface area contributed by atoms with E-state index in [1.807, 2.05) is 31.2 Å². The molecule has 0 bridgehead atoms. The molecule has 5 heteroatoms. The first-order valence-corrected chi connectivity index (χ1v) is 9.59. The van der Waals surface area contributed by atoms with Crippen LogP contribution in [0.25, 0.3) is 0 Å². The topological polar surface area (TPSA) is 32.3 Å². The molecule has 0 saturated carbocycles. The van der Waals surface area contributed by atoms with Crippen LogP contribution >= 0.6 is 23.4 Å². The Balaban J connectivity index is 1.82. The number of likely N-dealkylation sites (tertiary alicyclic amines) is 1. The molecule has 0 spiro atoms. The quantitative estimate of drug-likeness (QED) is 0.777. The van der Waals surface area contributed by atoms with Crippen molar-refractivity contribution in [3.8, 4) is 0 Å². The summed E-state index contributed by atoms with van der Waals surface area (Å²) in [5.41, 5.74) is 0.0146. The number of amides is 1. The summed E-state index contributed by atoms with van der Waals surface area (Å²) in [5, 5.41) is 3.72. The maximum Gasteiger partial charge on any atom is 0.233 e. The number of benzene rings is 1. The molecule has 0 aliphatic carbocycles. The fourth-order valence-electron chi connectivity index (χ4n) is 2.83. The van der Waals surface area contributed by atoms with E-state index in [-0.39, 0.29) is 16.7 Å². The minimum absolute atomic E-state index is 0.0146. The number of hydrogen-bond acceptors (Lipinski definition) is 3. The molecule has 0 aromatic heterocycles. The van der Waals surface area contributed by atoms with E-state index in [0.29, 0.717) is 6.54 Å². The van der Waals surface area contributed by atoms with E-state index >= 15 is 0 Å². The molecular formula is C18H27ClN2OS. The standard InChI is InChI=1S/C18H27ClN2OS/c1-14(23-16-9-7-15(19)8-10-16)17(22)20-13-18(2,3)21-11-5-4-6-12-21/h7-10,14H,4-6,11-13H2,1-3H3,(H,20,22). The van der Waals surface area contributed by atoms with Crippen molar-refractivity contribution in [2.45, 2.75) is 55.7 Å². The largest absolute Gasteiger partial charge is 0.353 e. The molecular weight excluding hydrogens is 328 g/mol. The molecule has 1 aromatic carbocycles. The van der Waals surface area contributed by atoms with Gasteiger partial charge in [-0.15, -0.1) is 11.8 Å². The van der Waals surface area contributed by atoms with Gasteiger partial charge in [-0.25, -0.2) is 0 Å². The fourth-order valence-corrected chi connectivity index (χ4v) is 3.85. The summed E-state index contributed by atoms with van der Waals surface area (Å²) in [6.07, 6.45) is 3.86. The highest BCUT2D eigenvalue weighted by molar-refractivity contribution is 8.00.